The number of carbonyl (C=O) groups excluding carboxylic acids is 2. The number of allylic oxidation sites excluding steroid dienone is 10. The summed E-state index contributed by atoms with van der Waals surface area (Å²) in [5, 5.41) is 40.1. The lowest BCUT2D eigenvalue weighted by Crippen LogP contribution is -2.59. The summed E-state index contributed by atoms with van der Waals surface area (Å²) in [6.07, 6.45) is 43.7. The second kappa shape index (κ2) is 41.4. The highest BCUT2D eigenvalue weighted by atomic mass is 16.7. The Bertz CT molecular complexity index is 1180. The molecule has 10 nitrogen and oxygen atoms in total. The average Bonchev–Trinajstić information content (AvgIpc) is 3.26. The molecule has 1 saturated heterocycles. The molecular weight excluding hydrogens is 773 g/mol. The molecule has 10 heteroatoms. The number of carbonyl (C=O) groups is 2. The lowest BCUT2D eigenvalue weighted by atomic mass is 9.99. The van der Waals surface area contributed by atoms with Crippen molar-refractivity contribution in [2.75, 3.05) is 19.8 Å². The van der Waals surface area contributed by atoms with Gasteiger partial charge in [0.05, 0.1) is 13.2 Å². The normalized spacial score (nSPS) is 20.3. The van der Waals surface area contributed by atoms with E-state index in [1.54, 1.807) is 0 Å². The highest BCUT2D eigenvalue weighted by molar-refractivity contribution is 5.70. The van der Waals surface area contributed by atoms with Gasteiger partial charge in [-0.1, -0.05) is 164 Å². The summed E-state index contributed by atoms with van der Waals surface area (Å²) in [4.78, 5) is 25.4. The Hall–Kier alpha value is -2.60. The van der Waals surface area contributed by atoms with Gasteiger partial charge < -0.3 is 39.4 Å². The van der Waals surface area contributed by atoms with Crippen LogP contribution in [0.25, 0.3) is 0 Å². The van der Waals surface area contributed by atoms with E-state index in [0.717, 1.165) is 57.8 Å². The summed E-state index contributed by atoms with van der Waals surface area (Å²) < 4.78 is 22.2. The third-order valence-electron chi connectivity index (χ3n) is 10.9. The van der Waals surface area contributed by atoms with E-state index in [4.69, 9.17) is 18.9 Å². The Morgan fingerprint density at radius 3 is 1.51 bits per heavy atom. The molecule has 0 aliphatic carbocycles. The van der Waals surface area contributed by atoms with Gasteiger partial charge >= 0.3 is 11.9 Å². The van der Waals surface area contributed by atoms with Crippen molar-refractivity contribution in [1.82, 2.24) is 0 Å². The molecule has 4 N–H and O–H groups in total. The molecule has 2 unspecified atom stereocenters. The maximum Gasteiger partial charge on any atom is 0.306 e. The lowest BCUT2D eigenvalue weighted by Gasteiger charge is -2.39. The number of aliphatic hydroxyl groups is 4. The Morgan fingerprint density at radius 2 is 0.967 bits per heavy atom. The van der Waals surface area contributed by atoms with Crippen molar-refractivity contribution in [2.45, 2.75) is 230 Å². The highest BCUT2D eigenvalue weighted by Gasteiger charge is 2.44. The van der Waals surface area contributed by atoms with Gasteiger partial charge in [0.2, 0.25) is 0 Å². The fourth-order valence-electron chi connectivity index (χ4n) is 7.06. The second-order valence-corrected chi connectivity index (χ2v) is 16.5. The number of esters is 2. The first kappa shape index (κ1) is 56.4. The molecule has 0 bridgehead atoms. The molecule has 1 fully saturated rings. The minimum Gasteiger partial charge on any atom is -0.462 e. The first-order valence-electron chi connectivity index (χ1n) is 24.4. The van der Waals surface area contributed by atoms with Gasteiger partial charge in [-0.05, 0) is 77.0 Å². The summed E-state index contributed by atoms with van der Waals surface area (Å²) in [6.45, 7) is 3.27. The largest absolute Gasteiger partial charge is 0.462 e. The van der Waals surface area contributed by atoms with Crippen molar-refractivity contribution in [3.8, 4) is 0 Å². The number of ether oxygens (including phenoxy) is 4. The monoisotopic (exact) mass is 861 g/mol. The highest BCUT2D eigenvalue weighted by Crippen LogP contribution is 2.23. The molecule has 1 aliphatic rings. The van der Waals surface area contributed by atoms with E-state index >= 15 is 0 Å². The van der Waals surface area contributed by atoms with Crippen LogP contribution in [0.5, 0.6) is 0 Å². The molecule has 6 atom stereocenters. The smallest absolute Gasteiger partial charge is 0.306 e. The van der Waals surface area contributed by atoms with Crippen molar-refractivity contribution in [2.24, 2.45) is 0 Å². The van der Waals surface area contributed by atoms with Crippen molar-refractivity contribution < 1.29 is 49.0 Å². The maximum atomic E-state index is 12.8. The predicted molar refractivity (Wildman–Crippen MR) is 247 cm³/mol. The molecule has 0 aromatic carbocycles. The standard InChI is InChI=1S/C51H88O10/c1-3-5-7-9-11-13-15-17-19-20-21-22-23-24-26-28-30-32-34-36-38-40-47(54)60-44(43-59-51-50(57)49(56)48(55)45(41-52)61-51)42-58-46(53)39-37-35-33-31-29-27-25-18-16-14-12-10-8-6-4-2/h6,8,12,14,17-19,25,29,31,44-45,48-52,55-57H,3-5,7,9-11,13,15-16,20-24,26-28,30,32-43H2,1-2H3/b8-6+,14-12+,19-17+,25-18+,31-29+/t44-,45-,48+,49?,50?,51-/m1/s1. The summed E-state index contributed by atoms with van der Waals surface area (Å²) in [5.74, 6) is -0.856. The van der Waals surface area contributed by atoms with Crippen molar-refractivity contribution >= 4 is 11.9 Å². The molecular formula is C51H88O10. The number of unbranched alkanes of at least 4 members (excludes halogenated alkanes) is 19. The Balaban J connectivity index is 2.30. The van der Waals surface area contributed by atoms with E-state index in [2.05, 4.69) is 74.6 Å². The van der Waals surface area contributed by atoms with E-state index < -0.39 is 55.4 Å². The van der Waals surface area contributed by atoms with Gasteiger partial charge in [-0.25, -0.2) is 0 Å². The fourth-order valence-corrected chi connectivity index (χ4v) is 7.06. The molecule has 1 heterocycles. The van der Waals surface area contributed by atoms with E-state index in [0.29, 0.717) is 12.8 Å². The summed E-state index contributed by atoms with van der Waals surface area (Å²) in [5.41, 5.74) is 0. The van der Waals surface area contributed by atoms with Crippen LogP contribution in [0.3, 0.4) is 0 Å². The van der Waals surface area contributed by atoms with Crippen LogP contribution in [-0.2, 0) is 28.5 Å². The zero-order valence-corrected chi connectivity index (χ0v) is 38.4. The first-order chi connectivity index (χ1) is 29.8. The van der Waals surface area contributed by atoms with Crippen LogP contribution in [0, 0.1) is 0 Å². The van der Waals surface area contributed by atoms with Crippen LogP contribution in [0.4, 0.5) is 0 Å². The van der Waals surface area contributed by atoms with Crippen LogP contribution in [0.15, 0.2) is 60.8 Å². The molecule has 1 rings (SSSR count). The fraction of sp³-hybridized carbons (Fsp3) is 0.765. The Labute approximate surface area is 370 Å². The predicted octanol–water partition coefficient (Wildman–Crippen LogP) is 11.0. The van der Waals surface area contributed by atoms with Crippen molar-refractivity contribution in [1.29, 1.82) is 0 Å². The molecule has 0 amide bonds. The van der Waals surface area contributed by atoms with Gasteiger partial charge in [-0.2, -0.15) is 0 Å². The SMILES string of the molecule is CC/C=C/C/C=C/C/C=C/C/C=C/CCCCC(=O)OC[C@H](CO[C@@H]1O[C@H](CO)[C@H](O)C(O)C1O)OC(=O)CCCCCCCCCCCCC/C=C/CCCCCCCC. The molecule has 0 spiro atoms. The third kappa shape index (κ3) is 32.7. The van der Waals surface area contributed by atoms with Gasteiger partial charge in [0.25, 0.3) is 0 Å². The molecule has 0 radical (unpaired) electrons. The van der Waals surface area contributed by atoms with E-state index in [-0.39, 0.29) is 26.1 Å². The maximum absolute atomic E-state index is 12.8. The topological polar surface area (TPSA) is 152 Å². The molecule has 352 valence electrons. The minimum atomic E-state index is -1.60. The number of rotatable bonds is 40. The van der Waals surface area contributed by atoms with Gasteiger partial charge in [0.1, 0.15) is 31.0 Å². The number of hydrogen-bond acceptors (Lipinski definition) is 10. The van der Waals surface area contributed by atoms with Gasteiger partial charge in [-0.15, -0.1) is 0 Å². The molecule has 0 aromatic heterocycles. The van der Waals surface area contributed by atoms with Crippen LogP contribution in [0.2, 0.25) is 0 Å². The molecule has 0 saturated carbocycles. The third-order valence-corrected chi connectivity index (χ3v) is 10.9. The van der Waals surface area contributed by atoms with Gasteiger partial charge in [-0.3, -0.25) is 9.59 Å². The summed E-state index contributed by atoms with van der Waals surface area (Å²) in [7, 11) is 0. The van der Waals surface area contributed by atoms with E-state index in [9.17, 15) is 30.0 Å². The summed E-state index contributed by atoms with van der Waals surface area (Å²) >= 11 is 0. The molecule has 61 heavy (non-hydrogen) atoms. The molecule has 0 aromatic rings. The zero-order chi connectivity index (χ0) is 44.4. The molecule has 1 aliphatic heterocycles. The number of aliphatic hydroxyl groups excluding tert-OH is 4. The summed E-state index contributed by atoms with van der Waals surface area (Å²) in [6, 6.07) is 0. The van der Waals surface area contributed by atoms with Crippen LogP contribution >= 0.6 is 0 Å². The van der Waals surface area contributed by atoms with Crippen LogP contribution in [-0.4, -0.2) is 89.0 Å². The second-order valence-electron chi connectivity index (χ2n) is 16.5. The van der Waals surface area contributed by atoms with Crippen LogP contribution in [0.1, 0.15) is 194 Å². The van der Waals surface area contributed by atoms with Gasteiger partial charge in [0.15, 0.2) is 12.4 Å². The van der Waals surface area contributed by atoms with Gasteiger partial charge in [0, 0.05) is 12.8 Å². The number of hydrogen-bond donors (Lipinski definition) is 4. The Kier molecular flexibility index (Phi) is 38.3. The van der Waals surface area contributed by atoms with Crippen molar-refractivity contribution in [3.63, 3.8) is 0 Å². The minimum absolute atomic E-state index is 0.218. The zero-order valence-electron chi connectivity index (χ0n) is 38.4. The first-order valence-corrected chi connectivity index (χ1v) is 24.4. The van der Waals surface area contributed by atoms with E-state index in [1.807, 2.05) is 0 Å². The van der Waals surface area contributed by atoms with Crippen LogP contribution < -0.4 is 0 Å². The quantitative estimate of drug-likeness (QED) is 0.0266. The Morgan fingerprint density at radius 1 is 0.525 bits per heavy atom. The van der Waals surface area contributed by atoms with E-state index in [1.165, 1.54) is 96.3 Å². The average molecular weight is 861 g/mol. The van der Waals surface area contributed by atoms with Crippen molar-refractivity contribution in [3.05, 3.63) is 60.8 Å². The lowest BCUT2D eigenvalue weighted by molar-refractivity contribution is -0.305.